The van der Waals surface area contributed by atoms with Crippen LogP contribution in [0.2, 0.25) is 0 Å². The Morgan fingerprint density at radius 3 is 2.45 bits per heavy atom. The smallest absolute Gasteiger partial charge is 0.289 e. The number of sulfone groups is 1. The van der Waals surface area contributed by atoms with Crippen LogP contribution in [0.15, 0.2) is 52.0 Å². The summed E-state index contributed by atoms with van der Waals surface area (Å²) in [5.41, 5.74) is 0.843. The van der Waals surface area contributed by atoms with Gasteiger partial charge < -0.3 is 9.32 Å². The van der Waals surface area contributed by atoms with Gasteiger partial charge in [-0.1, -0.05) is 18.2 Å². The zero-order valence-corrected chi connectivity index (χ0v) is 17.6. The number of piperidine rings is 1. The zero-order valence-electron chi connectivity index (χ0n) is 16.8. The third kappa shape index (κ3) is 4.90. The van der Waals surface area contributed by atoms with Crippen LogP contribution in [0.5, 0.6) is 0 Å². The quantitative estimate of drug-likeness (QED) is 0.693. The second-order valence-corrected chi connectivity index (χ2v) is 10.2. The lowest BCUT2D eigenvalue weighted by Gasteiger charge is -2.38. The van der Waals surface area contributed by atoms with Crippen LogP contribution >= 0.6 is 0 Å². The summed E-state index contributed by atoms with van der Waals surface area (Å²) in [5.74, 6) is 1.02. The SMILES string of the molecule is CS(=O)(=O)c1ccccc1CN1CCC(N(CC2CC2)C(=O)c2ccco2)CC1. The molecule has 7 heteroatoms. The van der Waals surface area contributed by atoms with Gasteiger partial charge in [-0.05, 0) is 55.4 Å². The molecule has 1 amide bonds. The summed E-state index contributed by atoms with van der Waals surface area (Å²) in [6, 6.07) is 10.9. The van der Waals surface area contributed by atoms with E-state index in [4.69, 9.17) is 4.42 Å². The number of benzene rings is 1. The third-order valence-electron chi connectivity index (χ3n) is 5.91. The molecule has 1 saturated carbocycles. The van der Waals surface area contributed by atoms with E-state index in [1.54, 1.807) is 30.5 Å². The van der Waals surface area contributed by atoms with E-state index >= 15 is 0 Å². The Morgan fingerprint density at radius 1 is 1.10 bits per heavy atom. The van der Waals surface area contributed by atoms with Crippen molar-refractivity contribution < 1.29 is 17.6 Å². The molecule has 6 nitrogen and oxygen atoms in total. The number of rotatable bonds is 7. The standard InChI is InChI=1S/C22H28N2O4S/c1-29(26,27)21-7-3-2-5-18(21)16-23-12-10-19(11-13-23)24(15-17-8-9-17)22(25)20-6-4-14-28-20/h2-7,14,17,19H,8-13,15-16H2,1H3. The molecule has 0 spiro atoms. The van der Waals surface area contributed by atoms with Crippen molar-refractivity contribution in [1.82, 2.24) is 9.80 Å². The number of furan rings is 1. The minimum absolute atomic E-state index is 0.0113. The van der Waals surface area contributed by atoms with E-state index in [2.05, 4.69) is 4.90 Å². The van der Waals surface area contributed by atoms with Gasteiger partial charge in [0.2, 0.25) is 0 Å². The van der Waals surface area contributed by atoms with Crippen molar-refractivity contribution in [2.45, 2.75) is 43.2 Å². The largest absolute Gasteiger partial charge is 0.459 e. The van der Waals surface area contributed by atoms with E-state index in [1.165, 1.54) is 19.1 Å². The number of hydrogen-bond donors (Lipinski definition) is 0. The van der Waals surface area contributed by atoms with Gasteiger partial charge in [0, 0.05) is 38.5 Å². The van der Waals surface area contributed by atoms with Crippen LogP contribution in [-0.4, -0.2) is 56.1 Å². The fraction of sp³-hybridized carbons (Fsp3) is 0.500. The van der Waals surface area contributed by atoms with Crippen LogP contribution in [0.3, 0.4) is 0 Å². The Balaban J connectivity index is 1.41. The second kappa shape index (κ2) is 8.32. The second-order valence-electron chi connectivity index (χ2n) is 8.27. The van der Waals surface area contributed by atoms with Crippen molar-refractivity contribution in [3.05, 3.63) is 54.0 Å². The highest BCUT2D eigenvalue weighted by Gasteiger charge is 2.34. The van der Waals surface area contributed by atoms with E-state index in [9.17, 15) is 13.2 Å². The van der Waals surface area contributed by atoms with Crippen LogP contribution in [-0.2, 0) is 16.4 Å². The van der Waals surface area contributed by atoms with Gasteiger partial charge in [-0.3, -0.25) is 9.69 Å². The summed E-state index contributed by atoms with van der Waals surface area (Å²) in [6.07, 6.45) is 6.98. The molecular formula is C22H28N2O4S. The molecule has 2 aromatic rings. The van der Waals surface area contributed by atoms with Crippen molar-refractivity contribution in [3.8, 4) is 0 Å². The summed E-state index contributed by atoms with van der Waals surface area (Å²) >= 11 is 0. The maximum absolute atomic E-state index is 12.9. The first-order chi connectivity index (χ1) is 13.9. The van der Waals surface area contributed by atoms with Crippen molar-refractivity contribution in [2.75, 3.05) is 25.9 Å². The maximum Gasteiger partial charge on any atom is 0.289 e. The molecule has 1 aromatic carbocycles. The Labute approximate surface area is 172 Å². The van der Waals surface area contributed by atoms with E-state index in [0.29, 0.717) is 23.1 Å². The average Bonchev–Trinajstić information content (AvgIpc) is 3.35. The maximum atomic E-state index is 12.9. The normalized spacial score (nSPS) is 18.7. The monoisotopic (exact) mass is 416 g/mol. The van der Waals surface area contributed by atoms with Crippen LogP contribution in [0.4, 0.5) is 0 Å². The molecule has 2 heterocycles. The number of amides is 1. The molecule has 0 radical (unpaired) electrons. The molecule has 4 rings (SSSR count). The molecule has 0 atom stereocenters. The van der Waals surface area contributed by atoms with Gasteiger partial charge in [0.05, 0.1) is 11.2 Å². The van der Waals surface area contributed by atoms with E-state index < -0.39 is 9.84 Å². The molecule has 156 valence electrons. The van der Waals surface area contributed by atoms with Crippen molar-refractivity contribution in [1.29, 1.82) is 0 Å². The predicted octanol–water partition coefficient (Wildman–Crippen LogP) is 3.20. The summed E-state index contributed by atoms with van der Waals surface area (Å²) in [7, 11) is -3.24. The number of carbonyl (C=O) groups excluding carboxylic acids is 1. The summed E-state index contributed by atoms with van der Waals surface area (Å²) in [4.78, 5) is 17.7. The molecule has 0 N–H and O–H groups in total. The Kier molecular flexibility index (Phi) is 5.79. The Morgan fingerprint density at radius 2 is 1.83 bits per heavy atom. The van der Waals surface area contributed by atoms with Gasteiger partial charge in [0.25, 0.3) is 5.91 Å². The van der Waals surface area contributed by atoms with Crippen LogP contribution in [0.25, 0.3) is 0 Å². The van der Waals surface area contributed by atoms with Crippen molar-refractivity contribution >= 4 is 15.7 Å². The molecule has 1 saturated heterocycles. The molecule has 2 fully saturated rings. The minimum atomic E-state index is -3.24. The number of hydrogen-bond acceptors (Lipinski definition) is 5. The zero-order chi connectivity index (χ0) is 20.4. The van der Waals surface area contributed by atoms with Gasteiger partial charge in [0.1, 0.15) is 0 Å². The number of carbonyl (C=O) groups is 1. The summed E-state index contributed by atoms with van der Waals surface area (Å²) in [6.45, 7) is 3.11. The summed E-state index contributed by atoms with van der Waals surface area (Å²) in [5, 5.41) is 0. The predicted molar refractivity (Wildman–Crippen MR) is 110 cm³/mol. The molecule has 0 bridgehead atoms. The molecule has 2 aliphatic rings. The highest BCUT2D eigenvalue weighted by Crippen LogP contribution is 2.32. The Bertz CT molecular complexity index is 943. The summed E-state index contributed by atoms with van der Waals surface area (Å²) < 4.78 is 29.5. The lowest BCUT2D eigenvalue weighted by atomic mass is 10.0. The van der Waals surface area contributed by atoms with E-state index in [-0.39, 0.29) is 11.9 Å². The topological polar surface area (TPSA) is 70.8 Å². The third-order valence-corrected chi connectivity index (χ3v) is 7.11. The molecular weight excluding hydrogens is 388 g/mol. The molecule has 29 heavy (non-hydrogen) atoms. The van der Waals surface area contributed by atoms with Crippen molar-refractivity contribution in [3.63, 3.8) is 0 Å². The molecule has 1 aromatic heterocycles. The van der Waals surface area contributed by atoms with E-state index in [0.717, 1.165) is 38.0 Å². The lowest BCUT2D eigenvalue weighted by Crippen LogP contribution is -2.48. The first kappa shape index (κ1) is 20.2. The van der Waals surface area contributed by atoms with Crippen LogP contribution in [0, 0.1) is 5.92 Å². The van der Waals surface area contributed by atoms with E-state index in [1.807, 2.05) is 17.0 Å². The Hall–Kier alpha value is -2.12. The fourth-order valence-electron chi connectivity index (χ4n) is 4.14. The van der Waals surface area contributed by atoms with Gasteiger partial charge in [-0.25, -0.2) is 8.42 Å². The van der Waals surface area contributed by atoms with Crippen LogP contribution in [0.1, 0.15) is 41.8 Å². The van der Waals surface area contributed by atoms with Gasteiger partial charge in [0.15, 0.2) is 15.6 Å². The fourth-order valence-corrected chi connectivity index (χ4v) is 5.08. The highest BCUT2D eigenvalue weighted by molar-refractivity contribution is 7.90. The van der Waals surface area contributed by atoms with Gasteiger partial charge >= 0.3 is 0 Å². The molecule has 1 aliphatic carbocycles. The molecule has 1 aliphatic heterocycles. The number of likely N-dealkylation sites (tertiary alicyclic amines) is 1. The highest BCUT2D eigenvalue weighted by atomic mass is 32.2. The first-order valence-corrected chi connectivity index (χ1v) is 12.2. The molecule has 0 unspecified atom stereocenters. The van der Waals surface area contributed by atoms with Gasteiger partial charge in [-0.15, -0.1) is 0 Å². The van der Waals surface area contributed by atoms with Crippen molar-refractivity contribution in [2.24, 2.45) is 5.92 Å². The average molecular weight is 417 g/mol. The number of nitrogens with zero attached hydrogens (tertiary/aromatic N) is 2. The lowest BCUT2D eigenvalue weighted by molar-refractivity contribution is 0.0521. The first-order valence-electron chi connectivity index (χ1n) is 10.3. The van der Waals surface area contributed by atoms with Crippen LogP contribution < -0.4 is 0 Å². The van der Waals surface area contributed by atoms with Gasteiger partial charge in [-0.2, -0.15) is 0 Å². The minimum Gasteiger partial charge on any atom is -0.459 e.